The number of amides is 3. The third-order valence-corrected chi connectivity index (χ3v) is 5.24. The van der Waals surface area contributed by atoms with E-state index < -0.39 is 12.1 Å². The van der Waals surface area contributed by atoms with Gasteiger partial charge in [0.25, 0.3) is 0 Å². The van der Waals surface area contributed by atoms with Crippen molar-refractivity contribution in [3.8, 4) is 6.07 Å². The lowest BCUT2D eigenvalue weighted by Crippen LogP contribution is -2.50. The van der Waals surface area contributed by atoms with Gasteiger partial charge in [0.1, 0.15) is 12.1 Å². The van der Waals surface area contributed by atoms with Crippen LogP contribution in [0.1, 0.15) is 58.8 Å². The predicted molar refractivity (Wildman–Crippen MR) is 96.6 cm³/mol. The summed E-state index contributed by atoms with van der Waals surface area (Å²) in [5.41, 5.74) is 0. The summed E-state index contributed by atoms with van der Waals surface area (Å²) in [6.45, 7) is 4.60. The minimum absolute atomic E-state index is 0.0244. The summed E-state index contributed by atoms with van der Waals surface area (Å²) >= 11 is 0. The number of fused-ring (bicyclic) bond motifs is 1. The summed E-state index contributed by atoms with van der Waals surface area (Å²) in [6, 6.07) is 0.736. The number of hydrogen-bond acceptors (Lipinski definition) is 4. The zero-order chi connectivity index (χ0) is 19.1. The summed E-state index contributed by atoms with van der Waals surface area (Å²) in [4.78, 5) is 36.9. The number of carbonyl (C=O) groups excluding carboxylic acids is 3. The number of nitrogens with one attached hydrogen (secondary N) is 3. The minimum Gasteiger partial charge on any atom is -0.356 e. The Balaban J connectivity index is 2.14. The van der Waals surface area contributed by atoms with Gasteiger partial charge in [-0.15, -0.1) is 0 Å². The van der Waals surface area contributed by atoms with E-state index in [4.69, 9.17) is 0 Å². The standard InChI is InChI=1S/C19H30N4O3/c1-12(2)8-16-19(26)22-14(10-20)9-15-13(11-21-18(15)25)6-4-3-5-7-17(24)23-16/h12-16H,3-9,11H2,1-2H3,(H,21,25)(H,22,26)(H,23,24)/t13-,14-,15-,16-/m0/s1. The van der Waals surface area contributed by atoms with Crippen molar-refractivity contribution in [1.29, 1.82) is 5.26 Å². The summed E-state index contributed by atoms with van der Waals surface area (Å²) < 4.78 is 0. The average Bonchev–Trinajstić information content (AvgIpc) is 2.92. The highest BCUT2D eigenvalue weighted by Crippen LogP contribution is 2.28. The predicted octanol–water partition coefficient (Wildman–Crippen LogP) is 1.24. The molecule has 26 heavy (non-hydrogen) atoms. The van der Waals surface area contributed by atoms with Gasteiger partial charge >= 0.3 is 0 Å². The fourth-order valence-corrected chi connectivity index (χ4v) is 3.83. The molecule has 0 radical (unpaired) electrons. The molecule has 0 bridgehead atoms. The lowest BCUT2D eigenvalue weighted by molar-refractivity contribution is -0.130. The fraction of sp³-hybridized carbons (Fsp3) is 0.789. The fourth-order valence-electron chi connectivity index (χ4n) is 3.83. The lowest BCUT2D eigenvalue weighted by Gasteiger charge is -2.24. The van der Waals surface area contributed by atoms with Crippen LogP contribution >= 0.6 is 0 Å². The minimum atomic E-state index is -0.728. The summed E-state index contributed by atoms with van der Waals surface area (Å²) in [7, 11) is 0. The second kappa shape index (κ2) is 9.56. The van der Waals surface area contributed by atoms with Gasteiger partial charge in [-0.3, -0.25) is 14.4 Å². The molecule has 2 saturated heterocycles. The molecular formula is C19H30N4O3. The average molecular weight is 362 g/mol. The Morgan fingerprint density at radius 2 is 1.88 bits per heavy atom. The molecule has 2 rings (SSSR count). The first-order valence-corrected chi connectivity index (χ1v) is 9.67. The zero-order valence-electron chi connectivity index (χ0n) is 15.7. The van der Waals surface area contributed by atoms with E-state index in [9.17, 15) is 19.6 Å². The van der Waals surface area contributed by atoms with Crippen LogP contribution in [0.3, 0.4) is 0 Å². The van der Waals surface area contributed by atoms with Gasteiger partial charge in [-0.2, -0.15) is 5.26 Å². The van der Waals surface area contributed by atoms with Crippen molar-refractivity contribution >= 4 is 17.7 Å². The molecule has 4 atom stereocenters. The van der Waals surface area contributed by atoms with Gasteiger partial charge in [-0.25, -0.2) is 0 Å². The monoisotopic (exact) mass is 362 g/mol. The van der Waals surface area contributed by atoms with Crippen LogP contribution in [-0.2, 0) is 14.4 Å². The smallest absolute Gasteiger partial charge is 0.243 e. The van der Waals surface area contributed by atoms with Gasteiger partial charge in [-0.1, -0.05) is 26.7 Å². The Morgan fingerprint density at radius 1 is 1.12 bits per heavy atom. The number of nitriles is 1. The van der Waals surface area contributed by atoms with Gasteiger partial charge in [0.15, 0.2) is 0 Å². The van der Waals surface area contributed by atoms with Gasteiger partial charge in [-0.05, 0) is 37.5 Å². The first-order valence-electron chi connectivity index (χ1n) is 9.67. The summed E-state index contributed by atoms with van der Waals surface area (Å²) in [5.74, 6) is -0.295. The molecule has 2 aliphatic rings. The Bertz CT molecular complexity index is 570. The molecule has 2 heterocycles. The van der Waals surface area contributed by atoms with Crippen molar-refractivity contribution in [2.45, 2.75) is 70.9 Å². The van der Waals surface area contributed by atoms with Crippen molar-refractivity contribution in [3.05, 3.63) is 0 Å². The van der Waals surface area contributed by atoms with Crippen molar-refractivity contribution in [3.63, 3.8) is 0 Å². The van der Waals surface area contributed by atoms with E-state index in [2.05, 4.69) is 22.0 Å². The molecule has 0 spiro atoms. The molecule has 3 N–H and O–H groups in total. The number of hydrogen-bond donors (Lipinski definition) is 3. The van der Waals surface area contributed by atoms with Crippen molar-refractivity contribution < 1.29 is 14.4 Å². The second-order valence-electron chi connectivity index (χ2n) is 7.89. The number of nitrogens with zero attached hydrogens (tertiary/aromatic N) is 1. The molecule has 2 aliphatic heterocycles. The van der Waals surface area contributed by atoms with E-state index in [1.54, 1.807) is 0 Å². The molecule has 0 unspecified atom stereocenters. The third kappa shape index (κ3) is 5.72. The van der Waals surface area contributed by atoms with Crippen molar-refractivity contribution in [2.24, 2.45) is 17.8 Å². The van der Waals surface area contributed by atoms with E-state index in [0.717, 1.165) is 25.7 Å². The van der Waals surface area contributed by atoms with Gasteiger partial charge in [0.05, 0.1) is 6.07 Å². The maximum atomic E-state index is 12.6. The molecule has 7 heteroatoms. The largest absolute Gasteiger partial charge is 0.356 e. The Morgan fingerprint density at radius 3 is 2.58 bits per heavy atom. The van der Waals surface area contributed by atoms with Crippen LogP contribution in [-0.4, -0.2) is 36.3 Å². The molecule has 0 aliphatic carbocycles. The molecule has 0 saturated carbocycles. The van der Waals surface area contributed by atoms with E-state index in [-0.39, 0.29) is 35.5 Å². The van der Waals surface area contributed by atoms with Gasteiger partial charge < -0.3 is 16.0 Å². The van der Waals surface area contributed by atoms with E-state index in [1.807, 2.05) is 13.8 Å². The molecule has 144 valence electrons. The van der Waals surface area contributed by atoms with E-state index >= 15 is 0 Å². The summed E-state index contributed by atoms with van der Waals surface area (Å²) in [6.07, 6.45) is 4.79. The Hall–Kier alpha value is -2.10. The highest BCUT2D eigenvalue weighted by Gasteiger charge is 2.36. The van der Waals surface area contributed by atoms with Crippen molar-refractivity contribution in [2.75, 3.05) is 6.54 Å². The zero-order valence-corrected chi connectivity index (χ0v) is 15.7. The topological polar surface area (TPSA) is 111 Å². The van der Waals surface area contributed by atoms with E-state index in [0.29, 0.717) is 25.8 Å². The summed E-state index contributed by atoms with van der Waals surface area (Å²) in [5, 5.41) is 17.9. The number of rotatable bonds is 2. The quantitative estimate of drug-likeness (QED) is 0.686. The molecule has 0 aromatic rings. The molecular weight excluding hydrogens is 332 g/mol. The molecule has 2 fully saturated rings. The van der Waals surface area contributed by atoms with Crippen LogP contribution in [0.5, 0.6) is 0 Å². The molecule has 0 aromatic heterocycles. The first kappa shape index (κ1) is 20.2. The first-order chi connectivity index (χ1) is 12.4. The van der Waals surface area contributed by atoms with Crippen LogP contribution in [0.25, 0.3) is 0 Å². The van der Waals surface area contributed by atoms with Crippen LogP contribution in [0.2, 0.25) is 0 Å². The second-order valence-corrected chi connectivity index (χ2v) is 7.89. The van der Waals surface area contributed by atoms with Crippen molar-refractivity contribution in [1.82, 2.24) is 16.0 Å². The van der Waals surface area contributed by atoms with Crippen LogP contribution in [0.4, 0.5) is 0 Å². The maximum absolute atomic E-state index is 12.6. The Kier molecular flexibility index (Phi) is 7.43. The highest BCUT2D eigenvalue weighted by atomic mass is 16.2. The lowest BCUT2D eigenvalue weighted by atomic mass is 9.85. The van der Waals surface area contributed by atoms with Gasteiger partial charge in [0.2, 0.25) is 17.7 Å². The van der Waals surface area contributed by atoms with Crippen LogP contribution in [0, 0.1) is 29.1 Å². The van der Waals surface area contributed by atoms with Crippen LogP contribution in [0.15, 0.2) is 0 Å². The third-order valence-electron chi connectivity index (χ3n) is 5.24. The van der Waals surface area contributed by atoms with E-state index in [1.165, 1.54) is 0 Å². The number of carbonyl (C=O) groups is 3. The highest BCUT2D eigenvalue weighted by molar-refractivity contribution is 5.88. The van der Waals surface area contributed by atoms with Crippen LogP contribution < -0.4 is 16.0 Å². The molecule has 0 aromatic carbocycles. The molecule has 7 nitrogen and oxygen atoms in total. The molecule has 3 amide bonds. The SMILES string of the molecule is CC(C)C[C@@H]1NC(=O)CCCCC[C@H]2CNC(=O)[C@H]2C[C@@H](C#N)NC1=O. The maximum Gasteiger partial charge on any atom is 0.243 e. The Labute approximate surface area is 155 Å². The van der Waals surface area contributed by atoms with Gasteiger partial charge in [0, 0.05) is 18.9 Å². The normalized spacial score (nSPS) is 31.2.